The molecular weight excluding hydrogens is 264 g/mol. The number of rotatable bonds is 5. The van der Waals surface area contributed by atoms with E-state index in [0.717, 1.165) is 31.2 Å². The summed E-state index contributed by atoms with van der Waals surface area (Å²) < 4.78 is 32.5. The minimum atomic E-state index is -3.36. The van der Waals surface area contributed by atoms with Crippen LogP contribution in [0.3, 0.4) is 0 Å². The number of hydrogen-bond donors (Lipinski definition) is 2. The maximum absolute atomic E-state index is 12.3. The number of benzene rings is 1. The molecule has 0 spiro atoms. The number of sulfonamides is 1. The van der Waals surface area contributed by atoms with Crippen molar-refractivity contribution in [3.63, 3.8) is 0 Å². The van der Waals surface area contributed by atoms with Crippen LogP contribution in [0.2, 0.25) is 0 Å². The van der Waals surface area contributed by atoms with Crippen molar-refractivity contribution in [1.82, 2.24) is 0 Å². The fourth-order valence-electron chi connectivity index (χ4n) is 2.46. The van der Waals surface area contributed by atoms with Gasteiger partial charge in [0.25, 0.3) is 0 Å². The van der Waals surface area contributed by atoms with Crippen LogP contribution >= 0.6 is 0 Å². The first-order valence-electron chi connectivity index (χ1n) is 6.46. The Morgan fingerprint density at radius 1 is 1.37 bits per heavy atom. The molecule has 0 heterocycles. The second-order valence-corrected chi connectivity index (χ2v) is 6.71. The Hall–Kier alpha value is -1.27. The molecule has 0 aliphatic heterocycles. The first kappa shape index (κ1) is 14.1. The lowest BCUT2D eigenvalue weighted by Crippen LogP contribution is -2.26. The molecule has 0 radical (unpaired) electrons. The highest BCUT2D eigenvalue weighted by molar-refractivity contribution is 7.93. The van der Waals surface area contributed by atoms with Gasteiger partial charge in [0.05, 0.1) is 18.0 Å². The standard InChI is InChI=1S/C13H20N2O3S/c1-18-12-8-4-5-10(9-14)13(12)15-19(16,17)11-6-2-3-7-11/h4-5,8,11,15H,2-3,6-7,9,14H2,1H3. The summed E-state index contributed by atoms with van der Waals surface area (Å²) in [5.74, 6) is 0.504. The van der Waals surface area contributed by atoms with E-state index in [2.05, 4.69) is 4.72 Å². The van der Waals surface area contributed by atoms with E-state index in [1.165, 1.54) is 7.11 Å². The minimum Gasteiger partial charge on any atom is -0.495 e. The van der Waals surface area contributed by atoms with E-state index >= 15 is 0 Å². The second-order valence-electron chi connectivity index (χ2n) is 4.75. The molecule has 1 aromatic rings. The average Bonchev–Trinajstić information content (AvgIpc) is 2.93. The van der Waals surface area contributed by atoms with E-state index < -0.39 is 10.0 Å². The molecule has 19 heavy (non-hydrogen) atoms. The molecule has 1 fully saturated rings. The largest absolute Gasteiger partial charge is 0.495 e. The van der Waals surface area contributed by atoms with E-state index in [1.54, 1.807) is 18.2 Å². The highest BCUT2D eigenvalue weighted by Gasteiger charge is 2.29. The van der Waals surface area contributed by atoms with Crippen LogP contribution in [0, 0.1) is 0 Å². The fraction of sp³-hybridized carbons (Fsp3) is 0.538. The SMILES string of the molecule is COc1cccc(CN)c1NS(=O)(=O)C1CCCC1. The highest BCUT2D eigenvalue weighted by atomic mass is 32.2. The molecule has 0 bridgehead atoms. The first-order chi connectivity index (χ1) is 9.08. The predicted octanol–water partition coefficient (Wildman–Crippen LogP) is 1.84. The van der Waals surface area contributed by atoms with Crippen molar-refractivity contribution in [2.75, 3.05) is 11.8 Å². The molecule has 6 heteroatoms. The topological polar surface area (TPSA) is 81.4 Å². The van der Waals surface area contributed by atoms with Crippen LogP contribution in [0.1, 0.15) is 31.2 Å². The van der Waals surface area contributed by atoms with Gasteiger partial charge in [-0.1, -0.05) is 25.0 Å². The number of para-hydroxylation sites is 1. The summed E-state index contributed by atoms with van der Waals surface area (Å²) in [6, 6.07) is 5.33. The van der Waals surface area contributed by atoms with Gasteiger partial charge in [-0.2, -0.15) is 0 Å². The molecule has 1 aromatic carbocycles. The number of methoxy groups -OCH3 is 1. The molecule has 0 unspecified atom stereocenters. The molecule has 5 nitrogen and oxygen atoms in total. The zero-order valence-electron chi connectivity index (χ0n) is 11.1. The summed E-state index contributed by atoms with van der Waals surface area (Å²) >= 11 is 0. The van der Waals surface area contributed by atoms with Crippen LogP contribution in [0.5, 0.6) is 5.75 Å². The maximum Gasteiger partial charge on any atom is 0.235 e. The Labute approximate surface area is 114 Å². The monoisotopic (exact) mass is 284 g/mol. The lowest BCUT2D eigenvalue weighted by atomic mass is 10.1. The van der Waals surface area contributed by atoms with Crippen molar-refractivity contribution >= 4 is 15.7 Å². The molecule has 0 amide bonds. The van der Waals surface area contributed by atoms with Crippen LogP contribution in [0.15, 0.2) is 18.2 Å². The van der Waals surface area contributed by atoms with E-state index in [1.807, 2.05) is 0 Å². The highest BCUT2D eigenvalue weighted by Crippen LogP contribution is 2.32. The third-order valence-electron chi connectivity index (χ3n) is 3.54. The van der Waals surface area contributed by atoms with Gasteiger partial charge in [-0.15, -0.1) is 0 Å². The quantitative estimate of drug-likeness (QED) is 0.864. The van der Waals surface area contributed by atoms with Gasteiger partial charge in [0.15, 0.2) is 0 Å². The lowest BCUT2D eigenvalue weighted by Gasteiger charge is -2.18. The third kappa shape index (κ3) is 3.01. The van der Waals surface area contributed by atoms with Crippen molar-refractivity contribution < 1.29 is 13.2 Å². The van der Waals surface area contributed by atoms with E-state index in [4.69, 9.17) is 10.5 Å². The predicted molar refractivity (Wildman–Crippen MR) is 75.7 cm³/mol. The van der Waals surface area contributed by atoms with Crippen molar-refractivity contribution in [2.24, 2.45) is 5.73 Å². The summed E-state index contributed by atoms with van der Waals surface area (Å²) in [7, 11) is -1.85. The summed E-state index contributed by atoms with van der Waals surface area (Å²) in [4.78, 5) is 0. The number of nitrogens with one attached hydrogen (secondary N) is 1. The Balaban J connectivity index is 2.31. The minimum absolute atomic E-state index is 0.264. The van der Waals surface area contributed by atoms with Crippen LogP contribution in [-0.2, 0) is 16.6 Å². The second kappa shape index (κ2) is 5.79. The smallest absolute Gasteiger partial charge is 0.235 e. The van der Waals surface area contributed by atoms with Gasteiger partial charge in [0.2, 0.25) is 10.0 Å². The van der Waals surface area contributed by atoms with Gasteiger partial charge in [0, 0.05) is 6.54 Å². The van der Waals surface area contributed by atoms with Gasteiger partial charge in [-0.3, -0.25) is 4.72 Å². The van der Waals surface area contributed by atoms with E-state index in [0.29, 0.717) is 11.4 Å². The van der Waals surface area contributed by atoms with E-state index in [-0.39, 0.29) is 11.8 Å². The van der Waals surface area contributed by atoms with Crippen LogP contribution in [0.4, 0.5) is 5.69 Å². The van der Waals surface area contributed by atoms with Crippen molar-refractivity contribution in [1.29, 1.82) is 0 Å². The fourth-order valence-corrected chi connectivity index (χ4v) is 4.09. The molecular formula is C13H20N2O3S. The summed E-state index contributed by atoms with van der Waals surface area (Å²) in [5, 5.41) is -0.303. The Kier molecular flexibility index (Phi) is 4.31. The van der Waals surface area contributed by atoms with Crippen LogP contribution < -0.4 is 15.2 Å². The molecule has 0 aromatic heterocycles. The summed E-state index contributed by atoms with van der Waals surface area (Å²) in [5.41, 5.74) is 6.86. The third-order valence-corrected chi connectivity index (χ3v) is 5.38. The zero-order chi connectivity index (χ0) is 13.9. The Morgan fingerprint density at radius 2 is 2.05 bits per heavy atom. The molecule has 1 aliphatic rings. The van der Waals surface area contributed by atoms with Gasteiger partial charge >= 0.3 is 0 Å². The van der Waals surface area contributed by atoms with Gasteiger partial charge < -0.3 is 10.5 Å². The van der Waals surface area contributed by atoms with Gasteiger partial charge in [-0.25, -0.2) is 8.42 Å². The zero-order valence-corrected chi connectivity index (χ0v) is 11.9. The van der Waals surface area contributed by atoms with E-state index in [9.17, 15) is 8.42 Å². The molecule has 0 saturated heterocycles. The number of hydrogen-bond acceptors (Lipinski definition) is 4. The molecule has 1 saturated carbocycles. The molecule has 1 aliphatic carbocycles. The molecule has 0 atom stereocenters. The number of anilines is 1. The van der Waals surface area contributed by atoms with Crippen molar-refractivity contribution in [3.8, 4) is 5.75 Å². The molecule has 3 N–H and O–H groups in total. The van der Waals surface area contributed by atoms with Crippen molar-refractivity contribution in [2.45, 2.75) is 37.5 Å². The van der Waals surface area contributed by atoms with Crippen LogP contribution in [0.25, 0.3) is 0 Å². The lowest BCUT2D eigenvalue weighted by molar-refractivity contribution is 0.416. The summed E-state index contributed by atoms with van der Waals surface area (Å²) in [6.45, 7) is 0.264. The normalized spacial score (nSPS) is 16.5. The van der Waals surface area contributed by atoms with Crippen LogP contribution in [-0.4, -0.2) is 20.8 Å². The average molecular weight is 284 g/mol. The van der Waals surface area contributed by atoms with Gasteiger partial charge in [-0.05, 0) is 24.5 Å². The Morgan fingerprint density at radius 3 is 2.63 bits per heavy atom. The number of nitrogens with two attached hydrogens (primary N) is 1. The summed E-state index contributed by atoms with van der Waals surface area (Å²) in [6.07, 6.45) is 3.40. The first-order valence-corrected chi connectivity index (χ1v) is 8.00. The maximum atomic E-state index is 12.3. The molecule has 106 valence electrons. The Bertz CT molecular complexity index is 515. The molecule has 2 rings (SSSR count). The number of ether oxygens (including phenoxy) is 1. The van der Waals surface area contributed by atoms with Gasteiger partial charge in [0.1, 0.15) is 5.75 Å². The van der Waals surface area contributed by atoms with Crippen molar-refractivity contribution in [3.05, 3.63) is 23.8 Å².